The third-order valence-electron chi connectivity index (χ3n) is 6.50. The van der Waals surface area contributed by atoms with E-state index in [1.165, 1.54) is 24.3 Å². The van der Waals surface area contributed by atoms with Gasteiger partial charge >= 0.3 is 5.97 Å². The van der Waals surface area contributed by atoms with Crippen LogP contribution >= 0.6 is 0 Å². The molecule has 0 unspecified atom stereocenters. The van der Waals surface area contributed by atoms with E-state index in [4.69, 9.17) is 14.6 Å². The molecule has 0 bridgehead atoms. The Bertz CT molecular complexity index is 964. The Morgan fingerprint density at radius 2 is 2.00 bits per heavy atom. The number of aryl methyl sites for hydroxylation is 2. The van der Waals surface area contributed by atoms with Gasteiger partial charge in [0.1, 0.15) is 11.5 Å². The van der Waals surface area contributed by atoms with E-state index in [0.29, 0.717) is 30.8 Å². The first kappa shape index (κ1) is 22.5. The third kappa shape index (κ3) is 4.85. The van der Waals surface area contributed by atoms with Gasteiger partial charge in [0.25, 0.3) is 5.91 Å². The lowest BCUT2D eigenvalue weighted by Gasteiger charge is -2.36. The predicted octanol–water partition coefficient (Wildman–Crippen LogP) is 3.30. The Morgan fingerprint density at radius 3 is 2.72 bits per heavy atom. The maximum Gasteiger partial charge on any atom is 0.338 e. The number of aromatic nitrogens is 2. The zero-order chi connectivity index (χ0) is 22.6. The van der Waals surface area contributed by atoms with Gasteiger partial charge in [-0.15, -0.1) is 0 Å². The summed E-state index contributed by atoms with van der Waals surface area (Å²) in [4.78, 5) is 24.9. The number of nitrogens with one attached hydrogen (secondary N) is 1. The normalized spacial score (nSPS) is 17.5. The average Bonchev–Trinajstić information content (AvgIpc) is 3.08. The van der Waals surface area contributed by atoms with Crippen molar-refractivity contribution in [2.75, 3.05) is 26.4 Å². The number of fused-ring (bicyclic) bond motifs is 1. The van der Waals surface area contributed by atoms with Crippen molar-refractivity contribution >= 4 is 11.9 Å². The minimum absolute atomic E-state index is 0.0280. The Morgan fingerprint density at radius 1 is 1.25 bits per heavy atom. The van der Waals surface area contributed by atoms with Gasteiger partial charge in [-0.25, -0.2) is 9.18 Å². The highest BCUT2D eigenvalue weighted by molar-refractivity contribution is 5.94. The molecule has 32 heavy (non-hydrogen) atoms. The third-order valence-corrected chi connectivity index (χ3v) is 6.50. The molecule has 2 aliphatic rings. The standard InChI is InChI=1S/C24H30FN3O4/c1-2-28-21-19(15-24(16-26-22(21)29)10-13-31-14-11-24)20(27-28)5-3-4-12-32-23(30)17-6-8-18(25)9-7-17/h6-9H,2-5,10-16H2,1H3,(H,26,29). The summed E-state index contributed by atoms with van der Waals surface area (Å²) in [6.45, 7) is 5.04. The zero-order valence-electron chi connectivity index (χ0n) is 18.5. The van der Waals surface area contributed by atoms with Crippen molar-refractivity contribution in [1.29, 1.82) is 0 Å². The molecule has 7 nitrogen and oxygen atoms in total. The largest absolute Gasteiger partial charge is 0.462 e. The fraction of sp³-hybridized carbons (Fsp3) is 0.542. The Labute approximate surface area is 187 Å². The zero-order valence-corrected chi connectivity index (χ0v) is 18.5. The van der Waals surface area contributed by atoms with Crippen molar-refractivity contribution in [2.24, 2.45) is 5.41 Å². The van der Waals surface area contributed by atoms with E-state index < -0.39 is 5.97 Å². The molecule has 1 amide bonds. The molecule has 0 saturated carbocycles. The van der Waals surface area contributed by atoms with E-state index in [1.807, 2.05) is 11.6 Å². The summed E-state index contributed by atoms with van der Waals surface area (Å²) < 4.78 is 25.7. The monoisotopic (exact) mass is 443 g/mol. The molecule has 2 aliphatic heterocycles. The lowest BCUT2D eigenvalue weighted by atomic mass is 9.75. The molecular weight excluding hydrogens is 413 g/mol. The first-order valence-corrected chi connectivity index (χ1v) is 11.4. The summed E-state index contributed by atoms with van der Waals surface area (Å²) in [5, 5.41) is 7.87. The topological polar surface area (TPSA) is 82.5 Å². The van der Waals surface area contributed by atoms with Gasteiger partial charge in [0, 0.05) is 31.9 Å². The van der Waals surface area contributed by atoms with Gasteiger partial charge in [-0.05, 0) is 75.1 Å². The number of hydrogen-bond acceptors (Lipinski definition) is 5. The predicted molar refractivity (Wildman–Crippen MR) is 116 cm³/mol. The number of nitrogens with zero attached hydrogens (tertiary/aromatic N) is 2. The quantitative estimate of drug-likeness (QED) is 0.525. The second-order valence-electron chi connectivity index (χ2n) is 8.66. The van der Waals surface area contributed by atoms with E-state index in [9.17, 15) is 14.0 Å². The van der Waals surface area contributed by atoms with Crippen LogP contribution in [0.5, 0.6) is 0 Å². The molecular formula is C24H30FN3O4. The van der Waals surface area contributed by atoms with Crippen LogP contribution in [0.25, 0.3) is 0 Å². The maximum atomic E-state index is 13.0. The fourth-order valence-corrected chi connectivity index (χ4v) is 4.59. The molecule has 0 atom stereocenters. The van der Waals surface area contributed by atoms with Crippen LogP contribution in [-0.4, -0.2) is 48.0 Å². The van der Waals surface area contributed by atoms with Gasteiger partial charge in [0.15, 0.2) is 0 Å². The van der Waals surface area contributed by atoms with Gasteiger partial charge in [-0.2, -0.15) is 5.10 Å². The maximum absolute atomic E-state index is 13.0. The number of esters is 1. The minimum atomic E-state index is -0.452. The number of benzene rings is 1. The molecule has 172 valence electrons. The Hall–Kier alpha value is -2.74. The molecule has 1 fully saturated rings. The highest BCUT2D eigenvalue weighted by atomic mass is 19.1. The molecule has 1 aromatic carbocycles. The molecule has 2 aromatic rings. The summed E-state index contributed by atoms with van der Waals surface area (Å²) in [6.07, 6.45) is 4.90. The number of carbonyl (C=O) groups excluding carboxylic acids is 2. The molecule has 1 aromatic heterocycles. The second kappa shape index (κ2) is 9.81. The average molecular weight is 444 g/mol. The number of amides is 1. The minimum Gasteiger partial charge on any atom is -0.462 e. The van der Waals surface area contributed by atoms with Crippen LogP contribution < -0.4 is 5.32 Å². The van der Waals surface area contributed by atoms with E-state index in [0.717, 1.165) is 56.6 Å². The second-order valence-corrected chi connectivity index (χ2v) is 8.66. The van der Waals surface area contributed by atoms with Crippen LogP contribution in [-0.2, 0) is 28.9 Å². The Balaban J connectivity index is 1.38. The molecule has 3 heterocycles. The van der Waals surface area contributed by atoms with Gasteiger partial charge in [-0.3, -0.25) is 9.48 Å². The van der Waals surface area contributed by atoms with Crippen LogP contribution in [0.2, 0.25) is 0 Å². The van der Waals surface area contributed by atoms with E-state index >= 15 is 0 Å². The van der Waals surface area contributed by atoms with Crippen molar-refractivity contribution in [3.8, 4) is 0 Å². The first-order valence-electron chi connectivity index (χ1n) is 11.4. The molecule has 1 N–H and O–H groups in total. The Kier molecular flexibility index (Phi) is 6.89. The number of carbonyl (C=O) groups is 2. The lowest BCUT2D eigenvalue weighted by molar-refractivity contribution is 0.0160. The van der Waals surface area contributed by atoms with E-state index in [2.05, 4.69) is 5.32 Å². The molecule has 1 spiro atoms. The SMILES string of the molecule is CCn1nc(CCCCOC(=O)c2ccc(F)cc2)c2c1C(=O)NCC1(CCOCC1)C2. The van der Waals surface area contributed by atoms with Crippen LogP contribution in [0.4, 0.5) is 4.39 Å². The smallest absolute Gasteiger partial charge is 0.338 e. The molecule has 0 radical (unpaired) electrons. The highest BCUT2D eigenvalue weighted by Gasteiger charge is 2.39. The van der Waals surface area contributed by atoms with Crippen LogP contribution in [0.3, 0.4) is 0 Å². The number of hydrogen-bond donors (Lipinski definition) is 1. The van der Waals surface area contributed by atoms with Crippen molar-refractivity contribution in [3.63, 3.8) is 0 Å². The summed E-state index contributed by atoms with van der Waals surface area (Å²) in [7, 11) is 0. The van der Waals surface area contributed by atoms with E-state index in [1.54, 1.807) is 0 Å². The summed E-state index contributed by atoms with van der Waals surface area (Å²) in [6, 6.07) is 5.32. The summed E-state index contributed by atoms with van der Waals surface area (Å²) >= 11 is 0. The number of ether oxygens (including phenoxy) is 2. The first-order chi connectivity index (χ1) is 15.5. The summed E-state index contributed by atoms with van der Waals surface area (Å²) in [5.41, 5.74) is 3.08. The van der Waals surface area contributed by atoms with Crippen molar-refractivity contribution in [2.45, 2.75) is 52.0 Å². The van der Waals surface area contributed by atoms with Gasteiger partial charge in [0.05, 0.1) is 17.9 Å². The number of halogens is 1. The molecule has 1 saturated heterocycles. The van der Waals surface area contributed by atoms with E-state index in [-0.39, 0.29) is 23.7 Å². The molecule has 4 rings (SSSR count). The number of rotatable bonds is 7. The number of unbranched alkanes of at least 4 members (excludes halogenated alkanes) is 1. The summed E-state index contributed by atoms with van der Waals surface area (Å²) in [5.74, 6) is -0.882. The highest BCUT2D eigenvalue weighted by Crippen LogP contribution is 2.37. The fourth-order valence-electron chi connectivity index (χ4n) is 4.59. The van der Waals surface area contributed by atoms with Crippen LogP contribution in [0.1, 0.15) is 64.7 Å². The van der Waals surface area contributed by atoms with Crippen molar-refractivity contribution in [3.05, 3.63) is 52.6 Å². The van der Waals surface area contributed by atoms with Crippen molar-refractivity contribution < 1.29 is 23.5 Å². The van der Waals surface area contributed by atoms with Gasteiger partial charge in [0.2, 0.25) is 0 Å². The van der Waals surface area contributed by atoms with Gasteiger partial charge < -0.3 is 14.8 Å². The molecule has 8 heteroatoms. The van der Waals surface area contributed by atoms with Crippen LogP contribution in [0.15, 0.2) is 24.3 Å². The lowest BCUT2D eigenvalue weighted by Crippen LogP contribution is -2.40. The van der Waals surface area contributed by atoms with Crippen molar-refractivity contribution in [1.82, 2.24) is 15.1 Å². The van der Waals surface area contributed by atoms with Crippen LogP contribution in [0, 0.1) is 11.2 Å². The van der Waals surface area contributed by atoms with Gasteiger partial charge in [-0.1, -0.05) is 0 Å². The molecule has 0 aliphatic carbocycles.